The van der Waals surface area contributed by atoms with Crippen LogP contribution in [-0.4, -0.2) is 22.0 Å². The molecule has 1 aromatic carbocycles. The van der Waals surface area contributed by atoms with Crippen LogP contribution in [-0.2, 0) is 13.2 Å². The molecule has 2 aromatic heterocycles. The van der Waals surface area contributed by atoms with E-state index in [1.165, 1.54) is 4.88 Å². The molecule has 6 nitrogen and oxygen atoms in total. The van der Waals surface area contributed by atoms with E-state index in [1.54, 1.807) is 29.5 Å². The van der Waals surface area contributed by atoms with Gasteiger partial charge in [-0.25, -0.2) is 4.68 Å². The zero-order chi connectivity index (χ0) is 16.1. The second-order valence-electron chi connectivity index (χ2n) is 4.72. The average Bonchev–Trinajstić information content (AvgIpc) is 3.23. The van der Waals surface area contributed by atoms with E-state index in [2.05, 4.69) is 15.6 Å². The van der Waals surface area contributed by atoms with Crippen LogP contribution in [0.15, 0.2) is 42.0 Å². The van der Waals surface area contributed by atoms with Crippen LogP contribution in [0.3, 0.4) is 0 Å². The number of aromatic nitrogens is 3. The van der Waals surface area contributed by atoms with Crippen molar-refractivity contribution in [3.05, 3.63) is 57.3 Å². The molecule has 0 aliphatic carbocycles. The van der Waals surface area contributed by atoms with Gasteiger partial charge in [-0.05, 0) is 41.4 Å². The smallest absolute Gasteiger partial charge is 0.214 e. The van der Waals surface area contributed by atoms with E-state index in [-0.39, 0.29) is 0 Å². The predicted molar refractivity (Wildman–Crippen MR) is 92.1 cm³/mol. The first-order valence-electron chi connectivity index (χ1n) is 6.94. The van der Waals surface area contributed by atoms with Crippen LogP contribution in [0.2, 0.25) is 0 Å². The summed E-state index contributed by atoms with van der Waals surface area (Å²) in [5.41, 5.74) is 4.21. The molecule has 0 amide bonds. The summed E-state index contributed by atoms with van der Waals surface area (Å²) in [7, 11) is 1.64. The number of rotatable bonds is 7. The number of nitrogens with one attached hydrogen (secondary N) is 2. The van der Waals surface area contributed by atoms with E-state index in [0.29, 0.717) is 23.7 Å². The fourth-order valence-electron chi connectivity index (χ4n) is 2.02. The van der Waals surface area contributed by atoms with Crippen LogP contribution in [0.25, 0.3) is 0 Å². The molecule has 8 heteroatoms. The molecule has 0 aliphatic heterocycles. The molecule has 3 aromatic rings. The lowest BCUT2D eigenvalue weighted by molar-refractivity contribution is 0.287. The Morgan fingerprint density at radius 2 is 2.26 bits per heavy atom. The number of nitrogens with zero attached hydrogens (tertiary/aromatic N) is 2. The third kappa shape index (κ3) is 3.91. The SMILES string of the molecule is COc1cc(CNn2cn[nH]c2=S)ccc1OCc1cccs1. The summed E-state index contributed by atoms with van der Waals surface area (Å²) in [6, 6.07) is 9.90. The molecule has 0 fully saturated rings. The highest BCUT2D eigenvalue weighted by atomic mass is 32.1. The fraction of sp³-hybridized carbons (Fsp3) is 0.200. The number of ether oxygens (including phenoxy) is 2. The van der Waals surface area contributed by atoms with Crippen LogP contribution < -0.4 is 14.9 Å². The van der Waals surface area contributed by atoms with Crippen LogP contribution in [0.1, 0.15) is 10.4 Å². The van der Waals surface area contributed by atoms with Crippen molar-refractivity contribution in [1.29, 1.82) is 0 Å². The molecule has 0 atom stereocenters. The van der Waals surface area contributed by atoms with Crippen molar-refractivity contribution in [3.8, 4) is 11.5 Å². The summed E-state index contributed by atoms with van der Waals surface area (Å²) < 4.78 is 13.4. The van der Waals surface area contributed by atoms with Gasteiger partial charge in [0.05, 0.1) is 13.7 Å². The number of thiophene rings is 1. The maximum Gasteiger partial charge on any atom is 0.214 e. The van der Waals surface area contributed by atoms with Crippen molar-refractivity contribution in [2.24, 2.45) is 0 Å². The highest BCUT2D eigenvalue weighted by Crippen LogP contribution is 2.29. The minimum absolute atomic E-state index is 0.521. The van der Waals surface area contributed by atoms with Gasteiger partial charge in [-0.2, -0.15) is 5.10 Å². The van der Waals surface area contributed by atoms with Crippen molar-refractivity contribution in [1.82, 2.24) is 14.9 Å². The standard InChI is InChI=1S/C15H16N4O2S2/c1-20-14-7-11(8-17-19-10-16-18-15(19)22)4-5-13(14)21-9-12-3-2-6-23-12/h2-7,10,17H,8-9H2,1H3,(H,18,22). The zero-order valence-corrected chi connectivity index (χ0v) is 14.1. The second kappa shape index (κ2) is 7.30. The van der Waals surface area contributed by atoms with E-state index in [1.807, 2.05) is 35.7 Å². The Labute approximate surface area is 142 Å². The summed E-state index contributed by atoms with van der Waals surface area (Å²) in [4.78, 5) is 1.17. The van der Waals surface area contributed by atoms with Crippen molar-refractivity contribution < 1.29 is 9.47 Å². The Morgan fingerprint density at radius 1 is 1.35 bits per heavy atom. The van der Waals surface area contributed by atoms with Gasteiger partial charge in [0.1, 0.15) is 12.9 Å². The van der Waals surface area contributed by atoms with Gasteiger partial charge < -0.3 is 14.9 Å². The molecule has 0 radical (unpaired) electrons. The number of aromatic amines is 1. The highest BCUT2D eigenvalue weighted by Gasteiger charge is 2.07. The van der Waals surface area contributed by atoms with Gasteiger partial charge in [0.2, 0.25) is 4.77 Å². The van der Waals surface area contributed by atoms with E-state index < -0.39 is 0 Å². The summed E-state index contributed by atoms with van der Waals surface area (Å²) in [5, 5.41) is 8.58. The quantitative estimate of drug-likeness (QED) is 0.641. The number of hydrogen-bond donors (Lipinski definition) is 2. The predicted octanol–water partition coefficient (Wildman–Crippen LogP) is 3.33. The molecule has 0 saturated heterocycles. The van der Waals surface area contributed by atoms with Crippen LogP contribution in [0, 0.1) is 4.77 Å². The number of methoxy groups -OCH3 is 1. The summed E-state index contributed by atoms with van der Waals surface area (Å²) in [6.45, 7) is 1.13. The second-order valence-corrected chi connectivity index (χ2v) is 6.14. The van der Waals surface area contributed by atoms with Gasteiger partial charge in [-0.3, -0.25) is 5.10 Å². The number of hydrogen-bond acceptors (Lipinski definition) is 6. The molecular weight excluding hydrogens is 332 g/mol. The van der Waals surface area contributed by atoms with Gasteiger partial charge in [0, 0.05) is 4.88 Å². The Kier molecular flexibility index (Phi) is 4.94. The summed E-state index contributed by atoms with van der Waals surface area (Å²) >= 11 is 6.75. The molecule has 0 saturated carbocycles. The molecule has 0 spiro atoms. The Hall–Kier alpha value is -2.32. The molecule has 2 N–H and O–H groups in total. The van der Waals surface area contributed by atoms with Crippen molar-refractivity contribution >= 4 is 23.6 Å². The average molecular weight is 348 g/mol. The topological polar surface area (TPSA) is 64.1 Å². The highest BCUT2D eigenvalue weighted by molar-refractivity contribution is 7.71. The first-order valence-corrected chi connectivity index (χ1v) is 8.23. The van der Waals surface area contributed by atoms with Crippen LogP contribution in [0.4, 0.5) is 0 Å². The minimum Gasteiger partial charge on any atom is -0.493 e. The van der Waals surface area contributed by atoms with Gasteiger partial charge in [-0.1, -0.05) is 12.1 Å². The molecule has 0 aliphatic rings. The number of benzene rings is 1. The van der Waals surface area contributed by atoms with E-state index in [4.69, 9.17) is 21.7 Å². The fourth-order valence-corrected chi connectivity index (χ4v) is 2.80. The van der Waals surface area contributed by atoms with E-state index in [9.17, 15) is 0 Å². The van der Waals surface area contributed by atoms with Gasteiger partial charge in [0.15, 0.2) is 11.5 Å². The van der Waals surface area contributed by atoms with Crippen molar-refractivity contribution in [2.45, 2.75) is 13.2 Å². The molecule has 23 heavy (non-hydrogen) atoms. The Bertz CT molecular complexity index is 811. The monoisotopic (exact) mass is 348 g/mol. The van der Waals surface area contributed by atoms with Crippen LogP contribution in [0.5, 0.6) is 11.5 Å². The molecule has 3 rings (SSSR count). The molecular formula is C15H16N4O2S2. The maximum absolute atomic E-state index is 5.83. The lowest BCUT2D eigenvalue weighted by Gasteiger charge is -2.12. The summed E-state index contributed by atoms with van der Waals surface area (Å²) in [6.07, 6.45) is 1.60. The lowest BCUT2D eigenvalue weighted by Crippen LogP contribution is -2.13. The lowest BCUT2D eigenvalue weighted by atomic mass is 10.2. The van der Waals surface area contributed by atoms with Crippen molar-refractivity contribution in [2.75, 3.05) is 12.5 Å². The third-order valence-corrected chi connectivity index (χ3v) is 4.32. The van der Waals surface area contributed by atoms with Gasteiger partial charge >= 0.3 is 0 Å². The third-order valence-electron chi connectivity index (χ3n) is 3.18. The molecule has 120 valence electrons. The Balaban J connectivity index is 1.66. The first-order chi connectivity index (χ1) is 11.3. The van der Waals surface area contributed by atoms with Gasteiger partial charge in [-0.15, -0.1) is 11.3 Å². The van der Waals surface area contributed by atoms with E-state index >= 15 is 0 Å². The largest absolute Gasteiger partial charge is 0.493 e. The molecule has 0 bridgehead atoms. The minimum atomic E-state index is 0.521. The van der Waals surface area contributed by atoms with Crippen molar-refractivity contribution in [3.63, 3.8) is 0 Å². The summed E-state index contributed by atoms with van der Waals surface area (Å²) in [5.74, 6) is 1.43. The molecule has 2 heterocycles. The zero-order valence-electron chi connectivity index (χ0n) is 12.5. The normalized spacial score (nSPS) is 10.5. The Morgan fingerprint density at radius 3 is 2.96 bits per heavy atom. The van der Waals surface area contributed by atoms with Gasteiger partial charge in [0.25, 0.3) is 0 Å². The number of H-pyrrole nitrogens is 1. The molecule has 0 unspecified atom stereocenters. The van der Waals surface area contributed by atoms with Crippen LogP contribution >= 0.6 is 23.6 Å². The maximum atomic E-state index is 5.83. The first kappa shape index (κ1) is 15.6. The van der Waals surface area contributed by atoms with E-state index in [0.717, 1.165) is 11.3 Å².